The van der Waals surface area contributed by atoms with Crippen LogP contribution in [0.4, 0.5) is 5.69 Å². The number of aryl methyl sites for hydroxylation is 1. The molecule has 1 N–H and O–H groups in total. The monoisotopic (exact) mass is 398 g/mol. The van der Waals surface area contributed by atoms with Gasteiger partial charge in [-0.25, -0.2) is 0 Å². The molecule has 3 aromatic rings. The predicted octanol–water partition coefficient (Wildman–Crippen LogP) is 4.56. The number of nitrogens with zero attached hydrogens (tertiary/aromatic N) is 3. The Balaban J connectivity index is 1.38. The topological polar surface area (TPSA) is 59.8 Å². The van der Waals surface area contributed by atoms with Crippen LogP contribution in [-0.4, -0.2) is 26.4 Å². The number of carbonyl (C=O) groups is 1. The van der Waals surface area contributed by atoms with Gasteiger partial charge in [0.1, 0.15) is 5.82 Å². The Morgan fingerprint density at radius 1 is 1.26 bits per heavy atom. The van der Waals surface area contributed by atoms with E-state index in [1.165, 1.54) is 35.0 Å². The van der Waals surface area contributed by atoms with Crippen LogP contribution in [-0.2, 0) is 17.6 Å². The van der Waals surface area contributed by atoms with Crippen molar-refractivity contribution < 1.29 is 4.79 Å². The molecule has 2 aromatic heterocycles. The lowest BCUT2D eigenvalue weighted by atomic mass is 10.1. The average molecular weight is 399 g/mol. The van der Waals surface area contributed by atoms with Gasteiger partial charge in [-0.3, -0.25) is 4.79 Å². The normalized spacial score (nSPS) is 13.7. The number of nitrogens with one attached hydrogen (secondary N) is 1. The van der Waals surface area contributed by atoms with Crippen LogP contribution in [0.2, 0.25) is 0 Å². The van der Waals surface area contributed by atoms with E-state index >= 15 is 0 Å². The standard InChI is InChI=1S/C20H22N4OS2/c1-2-14-5-7-15(8-6-14)21-19(25)13-27-20-23-22-18(24(20)16-9-10-16)12-17-4-3-11-26-17/h3-8,11,16H,2,9-10,12-13H2,1H3,(H,21,25). The zero-order chi connectivity index (χ0) is 18.6. The van der Waals surface area contributed by atoms with E-state index in [0.717, 1.165) is 29.5 Å². The maximum atomic E-state index is 12.3. The summed E-state index contributed by atoms with van der Waals surface area (Å²) in [5, 5.41) is 14.6. The Bertz CT molecular complexity index is 899. The van der Waals surface area contributed by atoms with Crippen LogP contribution in [0.3, 0.4) is 0 Å². The van der Waals surface area contributed by atoms with Crippen molar-refractivity contribution in [2.24, 2.45) is 0 Å². The zero-order valence-electron chi connectivity index (χ0n) is 15.2. The molecular formula is C20H22N4OS2. The van der Waals surface area contributed by atoms with Crippen molar-refractivity contribution in [1.29, 1.82) is 0 Å². The van der Waals surface area contributed by atoms with Gasteiger partial charge in [0.15, 0.2) is 5.16 Å². The Hall–Kier alpha value is -2.12. The molecule has 1 amide bonds. The van der Waals surface area contributed by atoms with E-state index in [1.54, 1.807) is 11.3 Å². The van der Waals surface area contributed by atoms with Crippen molar-refractivity contribution in [2.75, 3.05) is 11.1 Å². The highest BCUT2D eigenvalue weighted by Gasteiger charge is 2.29. The van der Waals surface area contributed by atoms with E-state index < -0.39 is 0 Å². The number of amides is 1. The molecule has 0 unspecified atom stereocenters. The number of hydrogen-bond acceptors (Lipinski definition) is 5. The second-order valence-corrected chi connectivity index (χ2v) is 8.62. The highest BCUT2D eigenvalue weighted by molar-refractivity contribution is 7.99. The third-order valence-electron chi connectivity index (χ3n) is 4.54. The molecule has 1 saturated carbocycles. The van der Waals surface area contributed by atoms with E-state index in [-0.39, 0.29) is 5.91 Å². The summed E-state index contributed by atoms with van der Waals surface area (Å²) in [5.74, 6) is 1.31. The number of aromatic nitrogens is 3. The molecule has 1 fully saturated rings. The zero-order valence-corrected chi connectivity index (χ0v) is 16.9. The van der Waals surface area contributed by atoms with Crippen LogP contribution < -0.4 is 5.32 Å². The van der Waals surface area contributed by atoms with Crippen LogP contribution in [0.15, 0.2) is 46.9 Å². The molecule has 140 valence electrons. The van der Waals surface area contributed by atoms with Gasteiger partial charge in [-0.15, -0.1) is 21.5 Å². The largest absolute Gasteiger partial charge is 0.325 e. The minimum absolute atomic E-state index is 0.0191. The minimum Gasteiger partial charge on any atom is -0.325 e. The molecular weight excluding hydrogens is 376 g/mol. The predicted molar refractivity (Wildman–Crippen MR) is 111 cm³/mol. The van der Waals surface area contributed by atoms with E-state index in [4.69, 9.17) is 0 Å². The van der Waals surface area contributed by atoms with Gasteiger partial charge >= 0.3 is 0 Å². The van der Waals surface area contributed by atoms with Gasteiger partial charge in [-0.05, 0) is 48.4 Å². The summed E-state index contributed by atoms with van der Waals surface area (Å²) in [6.07, 6.45) is 4.13. The van der Waals surface area contributed by atoms with E-state index in [9.17, 15) is 4.79 Å². The Morgan fingerprint density at radius 2 is 2.07 bits per heavy atom. The second kappa shape index (κ2) is 8.27. The Kier molecular flexibility index (Phi) is 5.59. The van der Waals surface area contributed by atoms with E-state index in [0.29, 0.717) is 11.8 Å². The van der Waals surface area contributed by atoms with Gasteiger partial charge in [-0.2, -0.15) is 0 Å². The Morgan fingerprint density at radius 3 is 2.74 bits per heavy atom. The lowest BCUT2D eigenvalue weighted by Gasteiger charge is -2.09. The Labute approximate surface area is 167 Å². The molecule has 7 heteroatoms. The third kappa shape index (κ3) is 4.59. The first-order chi connectivity index (χ1) is 13.2. The molecule has 0 aliphatic heterocycles. The third-order valence-corrected chi connectivity index (χ3v) is 6.36. The fraction of sp³-hybridized carbons (Fsp3) is 0.350. The van der Waals surface area contributed by atoms with Crippen molar-refractivity contribution in [1.82, 2.24) is 14.8 Å². The number of thiophene rings is 1. The molecule has 4 rings (SSSR count). The first-order valence-corrected chi connectivity index (χ1v) is 11.1. The maximum absolute atomic E-state index is 12.3. The van der Waals surface area contributed by atoms with Crippen LogP contribution in [0.5, 0.6) is 0 Å². The molecule has 0 radical (unpaired) electrons. The van der Waals surface area contributed by atoms with Crippen LogP contribution in [0, 0.1) is 0 Å². The molecule has 1 aliphatic rings. The lowest BCUT2D eigenvalue weighted by Crippen LogP contribution is -2.14. The van der Waals surface area contributed by atoms with Gasteiger partial charge in [0.25, 0.3) is 0 Å². The molecule has 0 spiro atoms. The summed E-state index contributed by atoms with van der Waals surface area (Å²) in [5.41, 5.74) is 2.10. The first-order valence-electron chi connectivity index (χ1n) is 9.20. The highest BCUT2D eigenvalue weighted by Crippen LogP contribution is 2.39. The van der Waals surface area contributed by atoms with Crippen molar-refractivity contribution in [3.05, 3.63) is 58.0 Å². The van der Waals surface area contributed by atoms with Crippen molar-refractivity contribution in [3.63, 3.8) is 0 Å². The molecule has 1 aliphatic carbocycles. The number of thioether (sulfide) groups is 1. The van der Waals surface area contributed by atoms with Crippen LogP contribution in [0.25, 0.3) is 0 Å². The smallest absolute Gasteiger partial charge is 0.234 e. The SMILES string of the molecule is CCc1ccc(NC(=O)CSc2nnc(Cc3cccs3)n2C2CC2)cc1. The van der Waals surface area contributed by atoms with Crippen molar-refractivity contribution >= 4 is 34.7 Å². The van der Waals surface area contributed by atoms with Crippen LogP contribution >= 0.6 is 23.1 Å². The number of hydrogen-bond donors (Lipinski definition) is 1. The fourth-order valence-electron chi connectivity index (χ4n) is 2.95. The van der Waals surface area contributed by atoms with Crippen molar-refractivity contribution in [2.45, 2.75) is 43.8 Å². The highest BCUT2D eigenvalue weighted by atomic mass is 32.2. The number of anilines is 1. The van der Waals surface area contributed by atoms with E-state index in [2.05, 4.69) is 44.5 Å². The summed E-state index contributed by atoms with van der Waals surface area (Å²) < 4.78 is 2.23. The molecule has 1 aromatic carbocycles. The van der Waals surface area contributed by atoms with Crippen molar-refractivity contribution in [3.8, 4) is 0 Å². The fourth-order valence-corrected chi connectivity index (χ4v) is 4.47. The molecule has 5 nitrogen and oxygen atoms in total. The van der Waals surface area contributed by atoms with Gasteiger partial charge in [0, 0.05) is 23.0 Å². The minimum atomic E-state index is -0.0191. The summed E-state index contributed by atoms with van der Waals surface area (Å²) in [7, 11) is 0. The van der Waals surface area contributed by atoms with Gasteiger partial charge in [-0.1, -0.05) is 36.9 Å². The second-order valence-electron chi connectivity index (χ2n) is 6.64. The number of carbonyl (C=O) groups excluding carboxylic acids is 1. The lowest BCUT2D eigenvalue weighted by molar-refractivity contribution is -0.113. The van der Waals surface area contributed by atoms with Crippen LogP contribution in [0.1, 0.15) is 42.1 Å². The number of benzene rings is 1. The van der Waals surface area contributed by atoms with Gasteiger partial charge < -0.3 is 9.88 Å². The summed E-state index contributed by atoms with van der Waals surface area (Å²) in [6.45, 7) is 2.12. The van der Waals surface area contributed by atoms with E-state index in [1.807, 2.05) is 24.3 Å². The summed E-state index contributed by atoms with van der Waals surface area (Å²) in [4.78, 5) is 13.6. The summed E-state index contributed by atoms with van der Waals surface area (Å²) in [6, 6.07) is 12.7. The molecule has 0 atom stereocenters. The average Bonchev–Trinajstić information content (AvgIpc) is 3.23. The summed E-state index contributed by atoms with van der Waals surface area (Å²) >= 11 is 3.20. The molecule has 2 heterocycles. The maximum Gasteiger partial charge on any atom is 0.234 e. The number of rotatable bonds is 8. The van der Waals surface area contributed by atoms with Gasteiger partial charge in [0.2, 0.25) is 5.91 Å². The molecule has 0 bridgehead atoms. The quantitative estimate of drug-likeness (QED) is 0.565. The first kappa shape index (κ1) is 18.3. The molecule has 0 saturated heterocycles. The van der Waals surface area contributed by atoms with Gasteiger partial charge in [0.05, 0.1) is 5.75 Å². The molecule has 27 heavy (non-hydrogen) atoms.